The fourth-order valence-electron chi connectivity index (χ4n) is 6.98. The summed E-state index contributed by atoms with van der Waals surface area (Å²) < 4.78 is 0. The number of hydrogen-bond acceptors (Lipinski definition) is 2. The summed E-state index contributed by atoms with van der Waals surface area (Å²) in [5, 5.41) is 10.7. The number of allylic oxidation sites excluding steroid dienone is 2. The number of carbonyl (C=O) groups is 1. The third kappa shape index (κ3) is 1.84. The third-order valence-corrected chi connectivity index (χ3v) is 8.31. The van der Waals surface area contributed by atoms with E-state index in [4.69, 9.17) is 0 Å². The quantitative estimate of drug-likeness (QED) is 0.708. The first-order valence-electron chi connectivity index (χ1n) is 9.58. The van der Waals surface area contributed by atoms with E-state index in [1.165, 1.54) is 12.0 Å². The predicted molar refractivity (Wildman–Crippen MR) is 92.0 cm³/mol. The first-order valence-corrected chi connectivity index (χ1v) is 9.58. The molecule has 0 heterocycles. The highest BCUT2D eigenvalue weighted by Crippen LogP contribution is 2.66. The van der Waals surface area contributed by atoms with Crippen LogP contribution in [0, 0.1) is 28.6 Å². The Morgan fingerprint density at radius 1 is 1.13 bits per heavy atom. The van der Waals surface area contributed by atoms with Crippen LogP contribution in [0.4, 0.5) is 0 Å². The van der Waals surface area contributed by atoms with Gasteiger partial charge in [0.2, 0.25) is 0 Å². The highest BCUT2D eigenvalue weighted by Gasteiger charge is 2.60. The van der Waals surface area contributed by atoms with Crippen LogP contribution in [0.2, 0.25) is 0 Å². The van der Waals surface area contributed by atoms with E-state index < -0.39 is 0 Å². The topological polar surface area (TPSA) is 37.3 Å². The van der Waals surface area contributed by atoms with Crippen LogP contribution < -0.4 is 0 Å². The molecule has 0 aromatic rings. The Labute approximate surface area is 140 Å². The van der Waals surface area contributed by atoms with E-state index in [0.717, 1.165) is 56.9 Å². The molecule has 0 saturated heterocycles. The van der Waals surface area contributed by atoms with Crippen molar-refractivity contribution in [3.63, 3.8) is 0 Å². The number of aliphatic hydroxyl groups is 1. The van der Waals surface area contributed by atoms with E-state index >= 15 is 0 Å². The minimum absolute atomic E-state index is 0.0440. The second kappa shape index (κ2) is 4.97. The number of carbonyl (C=O) groups excluding carboxylic acids is 1. The normalized spacial score (nSPS) is 46.4. The molecule has 2 heteroatoms. The van der Waals surface area contributed by atoms with Crippen molar-refractivity contribution in [2.75, 3.05) is 0 Å². The van der Waals surface area contributed by atoms with Crippen molar-refractivity contribution >= 4 is 5.78 Å². The molecule has 4 rings (SSSR count). The van der Waals surface area contributed by atoms with Gasteiger partial charge in [-0.05, 0) is 85.7 Å². The molecule has 2 nitrogen and oxygen atoms in total. The summed E-state index contributed by atoms with van der Waals surface area (Å²) in [6.07, 6.45) is 9.52. The van der Waals surface area contributed by atoms with Gasteiger partial charge >= 0.3 is 0 Å². The van der Waals surface area contributed by atoms with Crippen molar-refractivity contribution in [1.29, 1.82) is 0 Å². The fourth-order valence-corrected chi connectivity index (χ4v) is 6.98. The van der Waals surface area contributed by atoms with Crippen molar-refractivity contribution < 1.29 is 9.90 Å². The van der Waals surface area contributed by atoms with E-state index in [9.17, 15) is 9.90 Å². The molecule has 1 N–H and O–H groups in total. The van der Waals surface area contributed by atoms with E-state index in [-0.39, 0.29) is 10.8 Å². The maximum absolute atomic E-state index is 12.5. The van der Waals surface area contributed by atoms with Crippen LogP contribution in [0.3, 0.4) is 0 Å². The maximum atomic E-state index is 12.5. The van der Waals surface area contributed by atoms with Gasteiger partial charge in [-0.25, -0.2) is 0 Å². The molecule has 0 unspecified atom stereocenters. The van der Waals surface area contributed by atoms with Crippen LogP contribution in [-0.2, 0) is 4.79 Å². The smallest absolute Gasteiger partial charge is 0.139 e. The SMILES string of the molecule is C=C1CC[C@@]2(CC)C(=C1O)CC[C@@H]1[C@@H]2CC[C@]2(C)C(=O)CC[C@@H]12. The molecule has 0 aliphatic heterocycles. The van der Waals surface area contributed by atoms with Crippen molar-refractivity contribution in [3.05, 3.63) is 23.5 Å². The van der Waals surface area contributed by atoms with Crippen molar-refractivity contribution in [2.45, 2.75) is 71.6 Å². The summed E-state index contributed by atoms with van der Waals surface area (Å²) in [6.45, 7) is 8.62. The van der Waals surface area contributed by atoms with Crippen LogP contribution in [0.15, 0.2) is 23.5 Å². The highest BCUT2D eigenvalue weighted by molar-refractivity contribution is 5.87. The average Bonchev–Trinajstić information content (AvgIpc) is 2.86. The molecular weight excluding hydrogens is 284 g/mol. The zero-order valence-corrected chi connectivity index (χ0v) is 14.7. The summed E-state index contributed by atoms with van der Waals surface area (Å²) in [7, 11) is 0. The molecule has 0 aromatic heterocycles. The Morgan fingerprint density at radius 3 is 2.65 bits per heavy atom. The lowest BCUT2D eigenvalue weighted by Gasteiger charge is -2.58. The van der Waals surface area contributed by atoms with Gasteiger partial charge in [0.05, 0.1) is 0 Å². The van der Waals surface area contributed by atoms with E-state index in [1.807, 2.05) is 0 Å². The molecule has 3 saturated carbocycles. The Kier molecular flexibility index (Phi) is 3.35. The fraction of sp³-hybridized carbons (Fsp3) is 0.762. The molecular formula is C21H30O2. The van der Waals surface area contributed by atoms with Gasteiger partial charge in [0.15, 0.2) is 0 Å². The monoisotopic (exact) mass is 314 g/mol. The van der Waals surface area contributed by atoms with Crippen molar-refractivity contribution in [1.82, 2.24) is 0 Å². The molecule has 4 aliphatic carbocycles. The van der Waals surface area contributed by atoms with Gasteiger partial charge < -0.3 is 5.11 Å². The number of Topliss-reactive ketones (excluding diaryl/α,β-unsaturated/α-hetero) is 1. The molecule has 3 fully saturated rings. The molecule has 0 amide bonds. The Bertz CT molecular complexity index is 601. The molecule has 5 atom stereocenters. The van der Waals surface area contributed by atoms with Gasteiger partial charge in [0.25, 0.3) is 0 Å². The van der Waals surface area contributed by atoms with Gasteiger partial charge in [0, 0.05) is 11.8 Å². The lowest BCUT2D eigenvalue weighted by atomic mass is 9.46. The largest absolute Gasteiger partial charge is 0.508 e. The average molecular weight is 314 g/mol. The van der Waals surface area contributed by atoms with E-state index in [1.54, 1.807) is 0 Å². The van der Waals surface area contributed by atoms with Crippen molar-refractivity contribution in [3.8, 4) is 0 Å². The molecule has 126 valence electrons. The second-order valence-corrected chi connectivity index (χ2v) is 8.77. The summed E-state index contributed by atoms with van der Waals surface area (Å²) in [5.41, 5.74) is 2.39. The number of ketones is 1. The molecule has 0 aromatic carbocycles. The number of rotatable bonds is 1. The lowest BCUT2D eigenvalue weighted by Crippen LogP contribution is -2.51. The van der Waals surface area contributed by atoms with Gasteiger partial charge in [-0.15, -0.1) is 0 Å². The van der Waals surface area contributed by atoms with Crippen LogP contribution in [0.25, 0.3) is 0 Å². The van der Waals surface area contributed by atoms with Crippen LogP contribution >= 0.6 is 0 Å². The zero-order valence-electron chi connectivity index (χ0n) is 14.7. The van der Waals surface area contributed by atoms with Gasteiger partial charge in [0.1, 0.15) is 11.5 Å². The summed E-state index contributed by atoms with van der Waals surface area (Å²) in [5.74, 6) is 2.99. The number of hydrogen-bond donors (Lipinski definition) is 1. The molecule has 0 spiro atoms. The number of fused-ring (bicyclic) bond motifs is 5. The summed E-state index contributed by atoms with van der Waals surface area (Å²) in [4.78, 5) is 12.5. The minimum atomic E-state index is -0.0440. The molecule has 0 radical (unpaired) electrons. The van der Waals surface area contributed by atoms with E-state index in [0.29, 0.717) is 29.3 Å². The summed E-state index contributed by atoms with van der Waals surface area (Å²) >= 11 is 0. The van der Waals surface area contributed by atoms with Crippen molar-refractivity contribution in [2.24, 2.45) is 28.6 Å². The Hall–Kier alpha value is -1.05. The number of aliphatic hydroxyl groups excluding tert-OH is 1. The summed E-state index contributed by atoms with van der Waals surface area (Å²) in [6, 6.07) is 0. The highest BCUT2D eigenvalue weighted by atomic mass is 16.3. The third-order valence-electron chi connectivity index (χ3n) is 8.31. The van der Waals surface area contributed by atoms with E-state index in [2.05, 4.69) is 20.4 Å². The molecule has 4 aliphatic rings. The van der Waals surface area contributed by atoms with Gasteiger partial charge in [-0.1, -0.05) is 20.4 Å². The first kappa shape index (κ1) is 15.5. The van der Waals surface area contributed by atoms with Gasteiger partial charge in [-0.2, -0.15) is 0 Å². The predicted octanol–water partition coefficient (Wildman–Crippen LogP) is 5.35. The van der Waals surface area contributed by atoms with Crippen LogP contribution in [0.5, 0.6) is 0 Å². The van der Waals surface area contributed by atoms with Crippen LogP contribution in [0.1, 0.15) is 71.6 Å². The first-order chi connectivity index (χ1) is 10.9. The van der Waals surface area contributed by atoms with Gasteiger partial charge in [-0.3, -0.25) is 4.79 Å². The van der Waals surface area contributed by atoms with Crippen LogP contribution in [-0.4, -0.2) is 10.9 Å². The Morgan fingerprint density at radius 2 is 1.91 bits per heavy atom. The zero-order chi connectivity index (χ0) is 16.4. The standard InChI is InChI=1S/C21H30O2/c1-4-21-12-9-13(2)19(23)17(21)6-5-14-15-7-8-18(22)20(15,3)11-10-16(14)21/h14-16,23H,2,4-12H2,1,3H3/t14-,15-,16-,20-,21+/m0/s1. The molecule has 23 heavy (non-hydrogen) atoms. The molecule has 0 bridgehead atoms. The Balaban J connectivity index is 1.76. The maximum Gasteiger partial charge on any atom is 0.139 e. The second-order valence-electron chi connectivity index (χ2n) is 8.77. The minimum Gasteiger partial charge on any atom is -0.508 e. The lowest BCUT2D eigenvalue weighted by molar-refractivity contribution is -0.132.